The van der Waals surface area contributed by atoms with Crippen molar-refractivity contribution >= 4 is 23.9 Å². The zero-order valence-electron chi connectivity index (χ0n) is 17.3. The summed E-state index contributed by atoms with van der Waals surface area (Å²) in [7, 11) is 0. The van der Waals surface area contributed by atoms with Crippen LogP contribution in [0.15, 0.2) is 0 Å². The molecule has 1 saturated carbocycles. The number of H-pyrrole nitrogens is 1. The minimum atomic E-state index is -0.794. The van der Waals surface area contributed by atoms with Gasteiger partial charge in [-0.3, -0.25) is 10.1 Å². The van der Waals surface area contributed by atoms with Gasteiger partial charge in [0.1, 0.15) is 5.69 Å². The van der Waals surface area contributed by atoms with E-state index >= 15 is 0 Å². The van der Waals surface area contributed by atoms with Crippen molar-refractivity contribution in [1.82, 2.24) is 15.6 Å². The summed E-state index contributed by atoms with van der Waals surface area (Å²) < 4.78 is 9.95. The first-order valence-corrected chi connectivity index (χ1v) is 9.88. The first-order chi connectivity index (χ1) is 13.7. The lowest BCUT2D eigenvalue weighted by molar-refractivity contribution is -0.123. The van der Waals surface area contributed by atoms with Crippen molar-refractivity contribution in [3.05, 3.63) is 22.5 Å². The normalized spacial score (nSPS) is 18.6. The third-order valence-corrected chi connectivity index (χ3v) is 5.14. The van der Waals surface area contributed by atoms with Crippen LogP contribution in [-0.4, -0.2) is 48.1 Å². The summed E-state index contributed by atoms with van der Waals surface area (Å²) in [5, 5.41) is 4.96. The van der Waals surface area contributed by atoms with Crippen molar-refractivity contribution in [3.8, 4) is 0 Å². The van der Waals surface area contributed by atoms with Crippen LogP contribution < -0.4 is 10.6 Å². The topological polar surface area (TPSA) is 127 Å². The zero-order chi connectivity index (χ0) is 21.6. The highest BCUT2D eigenvalue weighted by Crippen LogP contribution is 2.23. The molecule has 1 aromatic rings. The van der Waals surface area contributed by atoms with E-state index in [2.05, 4.69) is 22.5 Å². The van der Waals surface area contributed by atoms with Crippen LogP contribution in [0.4, 0.5) is 4.79 Å². The Kier molecular flexibility index (Phi) is 7.81. The molecule has 1 aliphatic rings. The fourth-order valence-electron chi connectivity index (χ4n) is 3.56. The number of hydrogen-bond donors (Lipinski definition) is 3. The Morgan fingerprint density at radius 1 is 1.07 bits per heavy atom. The molecule has 0 aliphatic heterocycles. The van der Waals surface area contributed by atoms with Gasteiger partial charge in [-0.15, -0.1) is 0 Å². The maximum atomic E-state index is 12.3. The van der Waals surface area contributed by atoms with Crippen LogP contribution in [0.1, 0.15) is 71.6 Å². The molecule has 3 N–H and O–H groups in total. The van der Waals surface area contributed by atoms with E-state index in [1.54, 1.807) is 20.8 Å². The number of esters is 2. The van der Waals surface area contributed by atoms with Crippen LogP contribution in [0.25, 0.3) is 0 Å². The molecule has 0 aromatic carbocycles. The van der Waals surface area contributed by atoms with Crippen molar-refractivity contribution in [2.45, 2.75) is 59.4 Å². The predicted molar refractivity (Wildman–Crippen MR) is 105 cm³/mol. The molecule has 9 nitrogen and oxygen atoms in total. The van der Waals surface area contributed by atoms with E-state index in [9.17, 15) is 19.2 Å². The van der Waals surface area contributed by atoms with Gasteiger partial charge in [-0.1, -0.05) is 19.8 Å². The van der Waals surface area contributed by atoms with Gasteiger partial charge in [0.25, 0.3) is 5.91 Å². The molecule has 1 heterocycles. The van der Waals surface area contributed by atoms with Crippen molar-refractivity contribution in [2.75, 3.05) is 13.2 Å². The van der Waals surface area contributed by atoms with E-state index in [1.165, 1.54) is 0 Å². The largest absolute Gasteiger partial charge is 0.462 e. The maximum Gasteiger partial charge on any atom is 0.355 e. The fourth-order valence-corrected chi connectivity index (χ4v) is 3.56. The number of aryl methyl sites for hydroxylation is 1. The Labute approximate surface area is 169 Å². The molecule has 2 rings (SSSR count). The van der Waals surface area contributed by atoms with Crippen molar-refractivity contribution in [3.63, 3.8) is 0 Å². The summed E-state index contributed by atoms with van der Waals surface area (Å²) >= 11 is 0. The lowest BCUT2D eigenvalue weighted by Gasteiger charge is -2.29. The van der Waals surface area contributed by atoms with Gasteiger partial charge in [-0.25, -0.2) is 14.4 Å². The Bertz CT molecular complexity index is 785. The molecule has 0 spiro atoms. The molecule has 0 radical (unpaired) electrons. The van der Waals surface area contributed by atoms with Crippen molar-refractivity contribution in [1.29, 1.82) is 0 Å². The molecule has 1 aromatic heterocycles. The number of carbonyl (C=O) groups excluding carboxylic acids is 4. The maximum absolute atomic E-state index is 12.3. The Hall–Kier alpha value is -2.84. The predicted octanol–water partition coefficient (Wildman–Crippen LogP) is 2.37. The number of imide groups is 1. The highest BCUT2D eigenvalue weighted by atomic mass is 16.5. The average Bonchev–Trinajstić information content (AvgIpc) is 2.96. The average molecular weight is 407 g/mol. The molecule has 0 bridgehead atoms. The van der Waals surface area contributed by atoms with Crippen LogP contribution in [0.5, 0.6) is 0 Å². The second kappa shape index (κ2) is 10.1. The van der Waals surface area contributed by atoms with Gasteiger partial charge >= 0.3 is 18.0 Å². The van der Waals surface area contributed by atoms with E-state index < -0.39 is 30.5 Å². The second-order valence-electron chi connectivity index (χ2n) is 7.31. The number of hydrogen-bond acceptors (Lipinski definition) is 6. The lowest BCUT2D eigenvalue weighted by atomic mass is 9.86. The number of urea groups is 1. The monoisotopic (exact) mass is 407 g/mol. The molecule has 2 atom stereocenters. The minimum Gasteiger partial charge on any atom is -0.462 e. The smallest absolute Gasteiger partial charge is 0.355 e. The van der Waals surface area contributed by atoms with Gasteiger partial charge in [0.15, 0.2) is 6.61 Å². The Balaban J connectivity index is 1.87. The Morgan fingerprint density at radius 2 is 1.76 bits per heavy atom. The third kappa shape index (κ3) is 5.82. The van der Waals surface area contributed by atoms with E-state index in [0.717, 1.165) is 25.7 Å². The number of aromatic amines is 1. The first kappa shape index (κ1) is 22.4. The molecule has 29 heavy (non-hydrogen) atoms. The number of rotatable bonds is 6. The van der Waals surface area contributed by atoms with E-state index in [-0.39, 0.29) is 23.9 Å². The molecule has 1 fully saturated rings. The molecule has 3 amide bonds. The van der Waals surface area contributed by atoms with Crippen LogP contribution in [-0.2, 0) is 14.3 Å². The molecular weight excluding hydrogens is 378 g/mol. The minimum absolute atomic E-state index is 0.0324. The third-order valence-electron chi connectivity index (χ3n) is 5.14. The summed E-state index contributed by atoms with van der Waals surface area (Å²) in [4.78, 5) is 51.0. The summed E-state index contributed by atoms with van der Waals surface area (Å²) in [5.74, 6) is -1.71. The van der Waals surface area contributed by atoms with Crippen molar-refractivity contribution in [2.24, 2.45) is 5.92 Å². The van der Waals surface area contributed by atoms with Gasteiger partial charge in [-0.2, -0.15) is 0 Å². The van der Waals surface area contributed by atoms with Crippen LogP contribution >= 0.6 is 0 Å². The van der Waals surface area contributed by atoms with Crippen LogP contribution in [0, 0.1) is 19.8 Å². The first-order valence-electron chi connectivity index (χ1n) is 9.88. The molecule has 9 heteroatoms. The number of nitrogens with one attached hydrogen (secondary N) is 3. The summed E-state index contributed by atoms with van der Waals surface area (Å²) in [5.41, 5.74) is 1.19. The lowest BCUT2D eigenvalue weighted by Crippen LogP contribution is -2.48. The second-order valence-corrected chi connectivity index (χ2v) is 7.31. The molecule has 0 saturated heterocycles. The zero-order valence-corrected chi connectivity index (χ0v) is 17.3. The quantitative estimate of drug-likeness (QED) is 0.622. The molecular formula is C20H29N3O6. The van der Waals surface area contributed by atoms with E-state index in [4.69, 9.17) is 9.47 Å². The fraction of sp³-hybridized carbons (Fsp3) is 0.600. The van der Waals surface area contributed by atoms with Crippen LogP contribution in [0.2, 0.25) is 0 Å². The summed E-state index contributed by atoms with van der Waals surface area (Å²) in [6, 6.07) is -0.564. The van der Waals surface area contributed by atoms with Gasteiger partial charge in [0, 0.05) is 11.7 Å². The van der Waals surface area contributed by atoms with Gasteiger partial charge < -0.3 is 19.8 Å². The highest BCUT2D eigenvalue weighted by Gasteiger charge is 2.25. The summed E-state index contributed by atoms with van der Waals surface area (Å²) in [6.07, 6.45) is 4.11. The number of aromatic nitrogens is 1. The highest BCUT2D eigenvalue weighted by molar-refractivity contribution is 6.00. The van der Waals surface area contributed by atoms with E-state index in [0.29, 0.717) is 17.2 Å². The summed E-state index contributed by atoms with van der Waals surface area (Å²) in [6.45, 7) is 6.58. The van der Waals surface area contributed by atoms with Gasteiger partial charge in [0.2, 0.25) is 0 Å². The molecule has 1 aliphatic carbocycles. The molecule has 160 valence electrons. The van der Waals surface area contributed by atoms with Crippen molar-refractivity contribution < 1.29 is 28.7 Å². The van der Waals surface area contributed by atoms with Crippen LogP contribution in [0.3, 0.4) is 0 Å². The number of amides is 3. The van der Waals surface area contributed by atoms with Gasteiger partial charge in [-0.05, 0) is 45.1 Å². The SMILES string of the molecule is CCOC(=O)c1c(C)[nH]c(C(=O)OCC(=O)NC(=O)N[C@H]2CCCC[C@@H]2C)c1C. The van der Waals surface area contributed by atoms with E-state index in [1.807, 2.05) is 0 Å². The standard InChI is InChI=1S/C20H29N3O6/c1-5-28-18(25)16-12(3)17(21-13(16)4)19(26)29-10-15(24)23-20(27)22-14-9-7-6-8-11(14)2/h11,14,21H,5-10H2,1-4H3,(H2,22,23,24,27)/t11-,14-/m0/s1. The number of ether oxygens (including phenoxy) is 2. The Morgan fingerprint density at radius 3 is 2.41 bits per heavy atom. The molecule has 0 unspecified atom stereocenters. The van der Waals surface area contributed by atoms with Gasteiger partial charge in [0.05, 0.1) is 12.2 Å². The number of carbonyl (C=O) groups is 4.